The maximum atomic E-state index is 6.15. The third kappa shape index (κ3) is 2.91. The predicted molar refractivity (Wildman–Crippen MR) is 129 cm³/mol. The molecular formula is C28H25NO3. The third-order valence-corrected chi connectivity index (χ3v) is 6.80. The highest BCUT2D eigenvalue weighted by Gasteiger charge is 2.50. The topological polar surface area (TPSA) is 34.8 Å². The van der Waals surface area contributed by atoms with Gasteiger partial charge in [-0.05, 0) is 86.0 Å². The van der Waals surface area contributed by atoms with Crippen LogP contribution in [0.2, 0.25) is 0 Å². The normalized spacial score (nSPS) is 17.6. The minimum Gasteiger partial charge on any atom is -0.456 e. The predicted octanol–water partition coefficient (Wildman–Crippen LogP) is 7.65. The molecule has 1 aliphatic heterocycles. The first-order valence-electron chi connectivity index (χ1n) is 10.9. The zero-order valence-electron chi connectivity index (χ0n) is 18.7. The first-order chi connectivity index (χ1) is 15.3. The van der Waals surface area contributed by atoms with E-state index in [1.165, 1.54) is 10.8 Å². The fourth-order valence-electron chi connectivity index (χ4n) is 4.20. The molecule has 4 nitrogen and oxygen atoms in total. The molecule has 1 aromatic heterocycles. The van der Waals surface area contributed by atoms with Crippen LogP contribution in [0.4, 0.5) is 5.69 Å². The molecule has 0 spiro atoms. The summed E-state index contributed by atoms with van der Waals surface area (Å²) in [5.41, 5.74) is 4.02. The van der Waals surface area contributed by atoms with Crippen LogP contribution in [0.25, 0.3) is 43.8 Å². The van der Waals surface area contributed by atoms with Gasteiger partial charge in [0.15, 0.2) is 0 Å². The standard InChI is InChI=1S/C28H25NO3/c1-27(2)28(3,4)32-29(31-27)22-11-7-10-18(14-22)21-12-13-25-23(16-21)24-15-19-8-5-6-9-20(19)17-26(24)30-25/h5-17H,1-4H3. The van der Waals surface area contributed by atoms with Crippen LogP contribution in [-0.2, 0) is 9.68 Å². The Labute approximate surface area is 186 Å². The summed E-state index contributed by atoms with van der Waals surface area (Å²) in [6, 6.07) is 27.3. The maximum absolute atomic E-state index is 6.15. The molecule has 1 fully saturated rings. The molecule has 0 amide bonds. The van der Waals surface area contributed by atoms with Gasteiger partial charge in [-0.25, -0.2) is 9.68 Å². The Kier molecular flexibility index (Phi) is 3.98. The number of anilines is 1. The van der Waals surface area contributed by atoms with Crippen molar-refractivity contribution in [2.75, 3.05) is 5.23 Å². The second kappa shape index (κ2) is 6.58. The van der Waals surface area contributed by atoms with E-state index in [0.29, 0.717) is 0 Å². The van der Waals surface area contributed by atoms with Gasteiger partial charge in [0.25, 0.3) is 0 Å². The van der Waals surface area contributed by atoms with Gasteiger partial charge in [-0.1, -0.05) is 42.5 Å². The van der Waals surface area contributed by atoms with Gasteiger partial charge >= 0.3 is 0 Å². The van der Waals surface area contributed by atoms with Gasteiger partial charge in [0.05, 0.1) is 5.69 Å². The SMILES string of the molecule is CC1(C)ON(c2cccc(-c3ccc4oc5cc6ccccc6cc5c4c3)c2)OC1(C)C. The fourth-order valence-corrected chi connectivity index (χ4v) is 4.20. The molecule has 0 aliphatic carbocycles. The molecule has 4 heteroatoms. The summed E-state index contributed by atoms with van der Waals surface area (Å²) < 4.78 is 6.15. The molecule has 0 radical (unpaired) electrons. The fraction of sp³-hybridized carbons (Fsp3) is 0.214. The van der Waals surface area contributed by atoms with Crippen LogP contribution in [0.15, 0.2) is 83.3 Å². The number of rotatable bonds is 2. The Hall–Kier alpha value is -3.34. The van der Waals surface area contributed by atoms with Crippen molar-refractivity contribution in [3.05, 3.63) is 78.9 Å². The number of hydrogen-bond acceptors (Lipinski definition) is 4. The third-order valence-electron chi connectivity index (χ3n) is 6.80. The van der Waals surface area contributed by atoms with Crippen molar-refractivity contribution in [3.63, 3.8) is 0 Å². The first-order valence-corrected chi connectivity index (χ1v) is 10.9. The highest BCUT2D eigenvalue weighted by molar-refractivity contribution is 6.11. The lowest BCUT2D eigenvalue weighted by Crippen LogP contribution is -2.41. The van der Waals surface area contributed by atoms with Gasteiger partial charge in [-0.15, -0.1) is 5.23 Å². The van der Waals surface area contributed by atoms with Crippen molar-refractivity contribution < 1.29 is 14.1 Å². The van der Waals surface area contributed by atoms with E-state index < -0.39 is 11.2 Å². The Morgan fingerprint density at radius 2 is 1.25 bits per heavy atom. The smallest absolute Gasteiger partial charge is 0.136 e. The number of nitrogens with zero attached hydrogens (tertiary/aromatic N) is 1. The van der Waals surface area contributed by atoms with E-state index >= 15 is 0 Å². The maximum Gasteiger partial charge on any atom is 0.136 e. The van der Waals surface area contributed by atoms with Gasteiger partial charge in [0.2, 0.25) is 0 Å². The molecule has 0 bridgehead atoms. The zero-order chi connectivity index (χ0) is 22.1. The molecule has 32 heavy (non-hydrogen) atoms. The largest absolute Gasteiger partial charge is 0.456 e. The number of fused-ring (bicyclic) bond motifs is 4. The molecule has 0 saturated carbocycles. The van der Waals surface area contributed by atoms with Crippen molar-refractivity contribution in [1.82, 2.24) is 0 Å². The lowest BCUT2D eigenvalue weighted by Gasteiger charge is -2.26. The lowest BCUT2D eigenvalue weighted by molar-refractivity contribution is -0.0272. The van der Waals surface area contributed by atoms with E-state index in [1.807, 2.05) is 39.8 Å². The minimum absolute atomic E-state index is 0.430. The lowest BCUT2D eigenvalue weighted by atomic mass is 9.90. The molecule has 0 unspecified atom stereocenters. The second-order valence-electron chi connectivity index (χ2n) is 9.52. The molecule has 0 atom stereocenters. The van der Waals surface area contributed by atoms with Crippen LogP contribution in [0.3, 0.4) is 0 Å². The van der Waals surface area contributed by atoms with Crippen LogP contribution in [0.1, 0.15) is 27.7 Å². The van der Waals surface area contributed by atoms with Crippen molar-refractivity contribution in [2.24, 2.45) is 0 Å². The van der Waals surface area contributed by atoms with Crippen LogP contribution < -0.4 is 5.23 Å². The molecule has 0 N–H and O–H groups in total. The van der Waals surface area contributed by atoms with Gasteiger partial charge in [0, 0.05) is 10.8 Å². The molecule has 6 rings (SSSR count). The Balaban J connectivity index is 1.44. The average Bonchev–Trinajstić information content (AvgIpc) is 3.24. The summed E-state index contributed by atoms with van der Waals surface area (Å²) in [7, 11) is 0. The minimum atomic E-state index is -0.430. The van der Waals surface area contributed by atoms with E-state index in [4.69, 9.17) is 14.1 Å². The Bertz CT molecular complexity index is 1480. The van der Waals surface area contributed by atoms with Gasteiger partial charge in [-0.2, -0.15) is 0 Å². The summed E-state index contributed by atoms with van der Waals surface area (Å²) >= 11 is 0. The Morgan fingerprint density at radius 3 is 2.00 bits per heavy atom. The number of hydrogen-bond donors (Lipinski definition) is 0. The highest BCUT2D eigenvalue weighted by atomic mass is 17.0. The van der Waals surface area contributed by atoms with Crippen molar-refractivity contribution >= 4 is 38.4 Å². The van der Waals surface area contributed by atoms with Gasteiger partial charge < -0.3 is 4.42 Å². The van der Waals surface area contributed by atoms with E-state index in [1.54, 1.807) is 5.23 Å². The monoisotopic (exact) mass is 423 g/mol. The van der Waals surface area contributed by atoms with Crippen LogP contribution in [-0.4, -0.2) is 11.2 Å². The number of benzene rings is 4. The van der Waals surface area contributed by atoms with Crippen LogP contribution in [0.5, 0.6) is 0 Å². The van der Waals surface area contributed by atoms with Crippen LogP contribution in [0, 0.1) is 0 Å². The summed E-state index contributed by atoms with van der Waals surface area (Å²) in [5.74, 6) is 0. The van der Waals surface area contributed by atoms with Crippen LogP contribution >= 0.6 is 0 Å². The van der Waals surface area contributed by atoms with E-state index in [-0.39, 0.29) is 0 Å². The summed E-state index contributed by atoms with van der Waals surface area (Å²) in [4.78, 5) is 12.2. The highest BCUT2D eigenvalue weighted by Crippen LogP contribution is 2.41. The average molecular weight is 424 g/mol. The molecule has 5 aromatic rings. The quantitative estimate of drug-likeness (QED) is 0.292. The van der Waals surface area contributed by atoms with Crippen molar-refractivity contribution in [2.45, 2.75) is 38.9 Å². The van der Waals surface area contributed by atoms with E-state index in [9.17, 15) is 0 Å². The summed E-state index contributed by atoms with van der Waals surface area (Å²) in [5, 5.41) is 6.18. The molecule has 4 aromatic carbocycles. The Morgan fingerprint density at radius 1 is 0.594 bits per heavy atom. The van der Waals surface area contributed by atoms with E-state index in [2.05, 4.69) is 66.7 Å². The zero-order valence-corrected chi connectivity index (χ0v) is 18.7. The summed E-state index contributed by atoms with van der Waals surface area (Å²) in [6.45, 7) is 8.16. The molecular weight excluding hydrogens is 398 g/mol. The van der Waals surface area contributed by atoms with E-state index in [0.717, 1.165) is 38.8 Å². The second-order valence-corrected chi connectivity index (χ2v) is 9.52. The van der Waals surface area contributed by atoms with Crippen molar-refractivity contribution in [1.29, 1.82) is 0 Å². The molecule has 1 saturated heterocycles. The molecule has 1 aliphatic rings. The van der Waals surface area contributed by atoms with Gasteiger partial charge in [0.1, 0.15) is 22.4 Å². The van der Waals surface area contributed by atoms with Crippen molar-refractivity contribution in [3.8, 4) is 11.1 Å². The first kappa shape index (κ1) is 19.4. The summed E-state index contributed by atoms with van der Waals surface area (Å²) in [6.07, 6.45) is 0. The van der Waals surface area contributed by atoms with Gasteiger partial charge in [-0.3, -0.25) is 0 Å². The molecule has 160 valence electrons. The number of furan rings is 1. The molecule has 2 heterocycles.